The number of hydrogen-bond acceptors (Lipinski definition) is 4. The molecule has 0 amide bonds. The standard InChI is InChI=1S/C14H21F2NO4S2/c1-3-4-5-6-11(2)17-23(20,21)13-9-7-12(8-10-13)22(18,19)14(15)16/h7-11,14,17H,3-6H2,1-2H3/t11-/m1/s1. The minimum atomic E-state index is -4.73. The molecule has 0 saturated heterocycles. The molecule has 9 heteroatoms. The van der Waals surface area contributed by atoms with Crippen molar-refractivity contribution in [2.75, 3.05) is 0 Å². The third kappa shape index (κ3) is 5.50. The third-order valence-electron chi connectivity index (χ3n) is 3.29. The number of unbranched alkanes of at least 4 members (excludes halogenated alkanes) is 2. The molecule has 0 saturated carbocycles. The molecule has 1 rings (SSSR count). The highest BCUT2D eigenvalue weighted by Gasteiger charge is 2.27. The van der Waals surface area contributed by atoms with Gasteiger partial charge in [0.15, 0.2) is 0 Å². The van der Waals surface area contributed by atoms with Crippen LogP contribution in [0.1, 0.15) is 39.5 Å². The van der Waals surface area contributed by atoms with Crippen LogP contribution in [0.4, 0.5) is 8.78 Å². The summed E-state index contributed by atoms with van der Waals surface area (Å²) in [5.41, 5.74) is 0. The van der Waals surface area contributed by atoms with Gasteiger partial charge in [0.2, 0.25) is 19.9 Å². The summed E-state index contributed by atoms with van der Waals surface area (Å²) >= 11 is 0. The zero-order chi connectivity index (χ0) is 17.7. The first-order valence-corrected chi connectivity index (χ1v) is 10.3. The molecule has 1 atom stereocenters. The fraction of sp³-hybridized carbons (Fsp3) is 0.571. The molecular weight excluding hydrogens is 348 g/mol. The zero-order valence-electron chi connectivity index (χ0n) is 13.0. The number of benzene rings is 1. The molecule has 0 fully saturated rings. The van der Waals surface area contributed by atoms with Crippen molar-refractivity contribution in [2.45, 2.75) is 61.1 Å². The molecule has 0 aliphatic heterocycles. The summed E-state index contributed by atoms with van der Waals surface area (Å²) in [6, 6.07) is 3.50. The van der Waals surface area contributed by atoms with Gasteiger partial charge >= 0.3 is 5.76 Å². The third-order valence-corrected chi connectivity index (χ3v) is 6.30. The number of rotatable bonds is 9. The maximum Gasteiger partial charge on any atom is 0.341 e. The Labute approximate surface area is 136 Å². The van der Waals surface area contributed by atoms with Crippen molar-refractivity contribution >= 4 is 19.9 Å². The van der Waals surface area contributed by atoms with E-state index in [0.29, 0.717) is 6.42 Å². The SMILES string of the molecule is CCCCC[C@@H](C)NS(=O)(=O)c1ccc(S(=O)(=O)C(F)F)cc1. The molecule has 5 nitrogen and oxygen atoms in total. The molecule has 1 aromatic carbocycles. The summed E-state index contributed by atoms with van der Waals surface area (Å²) < 4.78 is 74.3. The van der Waals surface area contributed by atoms with Crippen LogP contribution in [0.25, 0.3) is 0 Å². The molecule has 0 bridgehead atoms. The maximum atomic E-state index is 12.4. The van der Waals surface area contributed by atoms with Gasteiger partial charge in [0, 0.05) is 6.04 Å². The van der Waals surface area contributed by atoms with Gasteiger partial charge in [-0.3, -0.25) is 0 Å². The minimum Gasteiger partial charge on any atom is -0.218 e. The van der Waals surface area contributed by atoms with Crippen molar-refractivity contribution in [3.05, 3.63) is 24.3 Å². The van der Waals surface area contributed by atoms with Gasteiger partial charge in [-0.1, -0.05) is 26.2 Å². The smallest absolute Gasteiger partial charge is 0.218 e. The number of nitrogens with one attached hydrogen (secondary N) is 1. The first-order valence-electron chi connectivity index (χ1n) is 7.25. The van der Waals surface area contributed by atoms with E-state index in [1.54, 1.807) is 6.92 Å². The Balaban J connectivity index is 2.86. The lowest BCUT2D eigenvalue weighted by atomic mass is 10.1. The number of sulfone groups is 1. The molecule has 1 N–H and O–H groups in total. The highest BCUT2D eigenvalue weighted by molar-refractivity contribution is 7.91. The molecule has 0 radical (unpaired) electrons. The predicted octanol–water partition coefficient (Wildman–Crippen LogP) is 2.93. The highest BCUT2D eigenvalue weighted by atomic mass is 32.2. The van der Waals surface area contributed by atoms with Crippen LogP contribution in [0.15, 0.2) is 34.1 Å². The Kier molecular flexibility index (Phi) is 7.09. The lowest BCUT2D eigenvalue weighted by Crippen LogP contribution is -2.32. The second-order valence-electron chi connectivity index (χ2n) is 5.30. The van der Waals surface area contributed by atoms with Crippen LogP contribution in [0, 0.1) is 0 Å². The van der Waals surface area contributed by atoms with Gasteiger partial charge in [0.1, 0.15) is 0 Å². The zero-order valence-corrected chi connectivity index (χ0v) is 14.6. The predicted molar refractivity (Wildman–Crippen MR) is 83.6 cm³/mol. The molecule has 1 aromatic rings. The second kappa shape index (κ2) is 8.16. The van der Waals surface area contributed by atoms with Crippen molar-refractivity contribution in [1.82, 2.24) is 4.72 Å². The van der Waals surface area contributed by atoms with E-state index in [0.717, 1.165) is 43.5 Å². The number of alkyl halides is 2. The highest BCUT2D eigenvalue weighted by Crippen LogP contribution is 2.20. The Morgan fingerprint density at radius 2 is 1.52 bits per heavy atom. The Hall–Kier alpha value is -1.06. The van der Waals surface area contributed by atoms with E-state index in [1.807, 2.05) is 6.92 Å². The van der Waals surface area contributed by atoms with Crippen LogP contribution in [-0.4, -0.2) is 28.6 Å². The average Bonchev–Trinajstić information content (AvgIpc) is 2.47. The van der Waals surface area contributed by atoms with E-state index in [9.17, 15) is 25.6 Å². The number of hydrogen-bond donors (Lipinski definition) is 1. The Morgan fingerprint density at radius 3 is 2.00 bits per heavy atom. The summed E-state index contributed by atoms with van der Waals surface area (Å²) in [4.78, 5) is -0.768. The fourth-order valence-corrected chi connectivity index (χ4v) is 4.00. The summed E-state index contributed by atoms with van der Waals surface area (Å²) in [5.74, 6) is -3.54. The number of halogens is 2. The van der Waals surface area contributed by atoms with Gasteiger partial charge in [-0.25, -0.2) is 21.6 Å². The second-order valence-corrected chi connectivity index (χ2v) is 8.93. The van der Waals surface area contributed by atoms with Crippen molar-refractivity contribution in [1.29, 1.82) is 0 Å². The van der Waals surface area contributed by atoms with Crippen molar-refractivity contribution in [3.8, 4) is 0 Å². The van der Waals surface area contributed by atoms with Crippen LogP contribution in [0.5, 0.6) is 0 Å². The largest absolute Gasteiger partial charge is 0.341 e. The molecule has 0 aliphatic carbocycles. The summed E-state index contributed by atoms with van der Waals surface area (Å²) in [5, 5.41) is 0. The van der Waals surface area contributed by atoms with Gasteiger partial charge in [-0.2, -0.15) is 8.78 Å². The van der Waals surface area contributed by atoms with Crippen molar-refractivity contribution in [3.63, 3.8) is 0 Å². The first kappa shape index (κ1) is 20.0. The van der Waals surface area contributed by atoms with Crippen LogP contribution in [0.2, 0.25) is 0 Å². The van der Waals surface area contributed by atoms with E-state index in [-0.39, 0.29) is 10.9 Å². The summed E-state index contributed by atoms with van der Waals surface area (Å²) in [6.45, 7) is 3.78. The van der Waals surface area contributed by atoms with Gasteiger partial charge in [-0.15, -0.1) is 0 Å². The fourth-order valence-electron chi connectivity index (χ4n) is 2.00. The van der Waals surface area contributed by atoms with Gasteiger partial charge in [0.25, 0.3) is 0 Å². The maximum absolute atomic E-state index is 12.4. The molecule has 0 aliphatic rings. The normalized spacial score (nSPS) is 14.1. The first-order chi connectivity index (χ1) is 10.6. The molecule has 132 valence electrons. The molecule has 23 heavy (non-hydrogen) atoms. The summed E-state index contributed by atoms with van der Waals surface area (Å²) in [6.07, 6.45) is 3.61. The van der Waals surface area contributed by atoms with Crippen molar-refractivity contribution in [2.24, 2.45) is 0 Å². The van der Waals surface area contributed by atoms with Crippen LogP contribution >= 0.6 is 0 Å². The molecule has 0 heterocycles. The van der Waals surface area contributed by atoms with Gasteiger partial charge < -0.3 is 0 Å². The van der Waals surface area contributed by atoms with Crippen LogP contribution < -0.4 is 4.72 Å². The Bertz CT molecular complexity index is 701. The molecule has 0 unspecified atom stereocenters. The van der Waals surface area contributed by atoms with Gasteiger partial charge in [0.05, 0.1) is 9.79 Å². The average molecular weight is 369 g/mol. The lowest BCUT2D eigenvalue weighted by molar-refractivity contribution is 0.234. The van der Waals surface area contributed by atoms with E-state index in [4.69, 9.17) is 0 Å². The molecular formula is C14H21F2NO4S2. The quantitative estimate of drug-likeness (QED) is 0.679. The molecule has 0 spiro atoms. The van der Waals surface area contributed by atoms with E-state index >= 15 is 0 Å². The van der Waals surface area contributed by atoms with E-state index in [1.165, 1.54) is 0 Å². The number of sulfonamides is 1. The van der Waals surface area contributed by atoms with Gasteiger partial charge in [-0.05, 0) is 37.6 Å². The van der Waals surface area contributed by atoms with Crippen LogP contribution in [-0.2, 0) is 19.9 Å². The topological polar surface area (TPSA) is 80.3 Å². The van der Waals surface area contributed by atoms with Crippen LogP contribution in [0.3, 0.4) is 0 Å². The Morgan fingerprint density at radius 1 is 1.00 bits per heavy atom. The monoisotopic (exact) mass is 369 g/mol. The molecule has 0 aromatic heterocycles. The van der Waals surface area contributed by atoms with E-state index < -0.39 is 30.5 Å². The lowest BCUT2D eigenvalue weighted by Gasteiger charge is -2.14. The van der Waals surface area contributed by atoms with Crippen molar-refractivity contribution < 1.29 is 25.6 Å². The summed E-state index contributed by atoms with van der Waals surface area (Å²) in [7, 11) is -8.54. The van der Waals surface area contributed by atoms with E-state index in [2.05, 4.69) is 4.72 Å². The minimum absolute atomic E-state index is 0.159.